The highest BCUT2D eigenvalue weighted by Crippen LogP contribution is 2.16. The number of aromatic amines is 1. The smallest absolute Gasteiger partial charge is 0.261 e. The van der Waals surface area contributed by atoms with Gasteiger partial charge in [-0.05, 0) is 127 Å². The van der Waals surface area contributed by atoms with Crippen molar-refractivity contribution < 1.29 is 8.78 Å². The topological polar surface area (TPSA) is 116 Å². The van der Waals surface area contributed by atoms with E-state index in [0.717, 1.165) is 45.0 Å². The fourth-order valence-electron chi connectivity index (χ4n) is 5.43. The molecule has 0 bridgehead atoms. The Morgan fingerprint density at radius 1 is 0.603 bits per heavy atom. The molecule has 0 aliphatic carbocycles. The van der Waals surface area contributed by atoms with Crippen LogP contribution in [0.3, 0.4) is 0 Å². The van der Waals surface area contributed by atoms with Crippen LogP contribution in [0.5, 0.6) is 0 Å². The minimum atomic E-state index is -0.284. The highest BCUT2D eigenvalue weighted by atomic mass is 127. The zero-order chi connectivity index (χ0) is 45.7. The summed E-state index contributed by atoms with van der Waals surface area (Å²) in [6, 6.07) is 28.1. The highest BCUT2D eigenvalue weighted by Gasteiger charge is 2.05. The lowest BCUT2D eigenvalue weighted by atomic mass is 10.1. The van der Waals surface area contributed by atoms with Gasteiger partial charge in [-0.1, -0.05) is 93.0 Å². The molecule has 8 rings (SSSR count). The molecule has 322 valence electrons. The lowest BCUT2D eigenvalue weighted by Crippen LogP contribution is -2.20. The maximum Gasteiger partial charge on any atom is 0.261 e. The molecule has 63 heavy (non-hydrogen) atoms. The average molecular weight is 1090 g/mol. The van der Waals surface area contributed by atoms with E-state index in [1.54, 1.807) is 76.4 Å². The van der Waals surface area contributed by atoms with Gasteiger partial charge in [-0.15, -0.1) is 6.42 Å². The molecular formula is C49H43Br2F2IN6O3. The molecule has 0 atom stereocenters. The maximum atomic E-state index is 12.9. The third-order valence-electron chi connectivity index (χ3n) is 8.54. The third kappa shape index (κ3) is 15.5. The lowest BCUT2D eigenvalue weighted by Gasteiger charge is -2.04. The van der Waals surface area contributed by atoms with Crippen LogP contribution in [0.4, 0.5) is 8.78 Å². The molecular weight excluding hydrogens is 1050 g/mol. The van der Waals surface area contributed by atoms with Crippen molar-refractivity contribution in [3.8, 4) is 24.2 Å². The molecule has 0 saturated heterocycles. The standard InChI is InChI=1S/C19H15FN2O.C11H11BrN2O.C8H5BrN2O.C8H5F.C3H7I/c1-2-11-22-13-21-18-12-15(7-10-17(18)19(22)23)4-3-14-5-8-16(20)9-6-14;1-2-5-14-7-13-10-6-8(12)3-4-9(10)11(14)15;9-5-1-2-6-7(3-5)10-4-11-8(6)12;1-2-7-3-5-8(9)6-4-7;1-2-3-4/h5-10,12-13H,2,11H2,1H3;3-4,6-7H,2,5H2,1H3;1-4H,(H,10,11,12);1,3-6H;2-3H2,1H3. The van der Waals surface area contributed by atoms with Crippen molar-refractivity contribution in [2.45, 2.75) is 53.1 Å². The molecule has 0 amide bonds. The van der Waals surface area contributed by atoms with E-state index >= 15 is 0 Å². The highest BCUT2D eigenvalue weighted by molar-refractivity contribution is 14.1. The predicted molar refractivity (Wildman–Crippen MR) is 266 cm³/mol. The Kier molecular flexibility index (Phi) is 20.5. The summed E-state index contributed by atoms with van der Waals surface area (Å²) < 4.78 is 31.4. The van der Waals surface area contributed by atoms with E-state index in [9.17, 15) is 23.2 Å². The number of aromatic nitrogens is 6. The second kappa shape index (κ2) is 26.0. The summed E-state index contributed by atoms with van der Waals surface area (Å²) >= 11 is 9.01. The second-order valence-electron chi connectivity index (χ2n) is 13.4. The van der Waals surface area contributed by atoms with Gasteiger partial charge in [0.15, 0.2) is 0 Å². The van der Waals surface area contributed by atoms with Gasteiger partial charge in [0.2, 0.25) is 0 Å². The number of aryl methyl sites for hydroxylation is 2. The van der Waals surface area contributed by atoms with Crippen LogP contribution in [0.1, 0.15) is 56.7 Å². The molecule has 3 aromatic heterocycles. The quantitative estimate of drug-likeness (QED) is 0.104. The Morgan fingerprint density at radius 3 is 1.52 bits per heavy atom. The van der Waals surface area contributed by atoms with E-state index < -0.39 is 0 Å². The molecule has 0 spiro atoms. The Morgan fingerprint density at radius 2 is 1.03 bits per heavy atom. The molecule has 14 heteroatoms. The number of hydrogen-bond acceptors (Lipinski definition) is 6. The van der Waals surface area contributed by atoms with E-state index in [1.165, 1.54) is 41.4 Å². The van der Waals surface area contributed by atoms with Crippen LogP contribution in [-0.4, -0.2) is 33.5 Å². The first kappa shape index (κ1) is 49.8. The number of alkyl halides is 1. The van der Waals surface area contributed by atoms with Gasteiger partial charge in [-0.3, -0.25) is 23.5 Å². The van der Waals surface area contributed by atoms with Crippen molar-refractivity contribution in [2.75, 3.05) is 4.43 Å². The molecule has 0 unspecified atom stereocenters. The van der Waals surface area contributed by atoms with Crippen LogP contribution in [0, 0.1) is 35.8 Å². The van der Waals surface area contributed by atoms with Crippen molar-refractivity contribution in [1.82, 2.24) is 29.1 Å². The summed E-state index contributed by atoms with van der Waals surface area (Å²) in [6.45, 7) is 7.61. The average Bonchev–Trinajstić information content (AvgIpc) is 3.29. The first-order valence-corrected chi connectivity index (χ1v) is 22.8. The van der Waals surface area contributed by atoms with Gasteiger partial charge in [0.05, 0.1) is 51.7 Å². The molecule has 0 radical (unpaired) electrons. The molecule has 0 saturated carbocycles. The minimum Gasteiger partial charge on any atom is -0.313 e. The van der Waals surface area contributed by atoms with Crippen molar-refractivity contribution >= 4 is 87.2 Å². The van der Waals surface area contributed by atoms with E-state index in [2.05, 4.69) is 99.1 Å². The van der Waals surface area contributed by atoms with Crippen molar-refractivity contribution in [1.29, 1.82) is 0 Å². The van der Waals surface area contributed by atoms with E-state index in [1.807, 2.05) is 38.1 Å². The third-order valence-corrected chi connectivity index (χ3v) is 10.6. The number of terminal acetylenes is 1. The molecule has 0 fully saturated rings. The number of H-pyrrole nitrogens is 1. The zero-order valence-electron chi connectivity index (χ0n) is 34.7. The largest absolute Gasteiger partial charge is 0.313 e. The number of nitrogens with zero attached hydrogens (tertiary/aromatic N) is 5. The van der Waals surface area contributed by atoms with E-state index in [0.29, 0.717) is 39.3 Å². The summed E-state index contributed by atoms with van der Waals surface area (Å²) in [7, 11) is 0. The van der Waals surface area contributed by atoms with E-state index in [4.69, 9.17) is 6.42 Å². The maximum absolute atomic E-state index is 12.9. The molecule has 8 aromatic rings. The summed E-state index contributed by atoms with van der Waals surface area (Å²) in [5.41, 5.74) is 4.18. The van der Waals surface area contributed by atoms with Crippen LogP contribution < -0.4 is 16.7 Å². The zero-order valence-corrected chi connectivity index (χ0v) is 40.0. The van der Waals surface area contributed by atoms with Gasteiger partial charge in [0.1, 0.15) is 11.6 Å². The summed E-state index contributed by atoms with van der Waals surface area (Å²) in [4.78, 5) is 50.5. The molecule has 0 aliphatic rings. The number of benzene rings is 5. The fraction of sp³-hybridized carbons (Fsp3) is 0.184. The number of halogens is 5. The Hall–Kier alpha value is -5.81. The Labute approximate surface area is 394 Å². The van der Waals surface area contributed by atoms with Crippen molar-refractivity contribution in [3.63, 3.8) is 0 Å². The Balaban J connectivity index is 0.000000189. The second-order valence-corrected chi connectivity index (χ2v) is 16.3. The monoisotopic (exact) mass is 1090 g/mol. The summed E-state index contributed by atoms with van der Waals surface area (Å²) in [6.07, 6.45) is 12.7. The molecule has 5 aromatic carbocycles. The van der Waals surface area contributed by atoms with Crippen LogP contribution >= 0.6 is 54.5 Å². The minimum absolute atomic E-state index is 0.0325. The summed E-state index contributed by atoms with van der Waals surface area (Å²) in [5, 5.41) is 1.88. The lowest BCUT2D eigenvalue weighted by molar-refractivity contribution is 0.627. The fourth-order valence-corrected chi connectivity index (χ4v) is 6.13. The predicted octanol–water partition coefficient (Wildman–Crippen LogP) is 11.2. The Bertz CT molecular complexity index is 3050. The van der Waals surface area contributed by atoms with Gasteiger partial charge < -0.3 is 4.98 Å². The van der Waals surface area contributed by atoms with Crippen molar-refractivity contribution in [3.05, 3.63) is 190 Å². The van der Waals surface area contributed by atoms with Gasteiger partial charge >= 0.3 is 0 Å². The number of nitrogens with one attached hydrogen (secondary N) is 1. The van der Waals surface area contributed by atoms with Crippen LogP contribution in [0.2, 0.25) is 0 Å². The first-order valence-electron chi connectivity index (χ1n) is 19.7. The SMILES string of the molecule is C#Cc1ccc(F)cc1.CCCI.CCCn1cnc2cc(Br)ccc2c1=O.CCCn1cnc2cc(C#Cc3ccc(F)cc3)ccc2c1=O.O=c1[nH]cnc2cc(Br)ccc12. The molecule has 3 heterocycles. The van der Waals surface area contributed by atoms with E-state index in [-0.39, 0.29) is 28.3 Å². The van der Waals surface area contributed by atoms with Crippen molar-refractivity contribution in [2.24, 2.45) is 0 Å². The molecule has 0 aliphatic heterocycles. The van der Waals surface area contributed by atoms with Gasteiger partial charge in [-0.25, -0.2) is 23.7 Å². The van der Waals surface area contributed by atoms with Gasteiger partial charge in [-0.2, -0.15) is 0 Å². The normalized spacial score (nSPS) is 10.0. The van der Waals surface area contributed by atoms with Gasteiger partial charge in [0.25, 0.3) is 16.7 Å². The first-order chi connectivity index (χ1) is 30.4. The summed E-state index contributed by atoms with van der Waals surface area (Å²) in [5.74, 6) is 7.83. The van der Waals surface area contributed by atoms with Crippen LogP contribution in [0.15, 0.2) is 145 Å². The van der Waals surface area contributed by atoms with Gasteiger partial charge in [0, 0.05) is 38.7 Å². The molecule has 9 nitrogen and oxygen atoms in total. The number of hydrogen-bond donors (Lipinski definition) is 1. The number of rotatable bonds is 5. The number of fused-ring (bicyclic) bond motifs is 3. The van der Waals surface area contributed by atoms with Crippen LogP contribution in [0.25, 0.3) is 32.7 Å². The van der Waals surface area contributed by atoms with Crippen LogP contribution in [-0.2, 0) is 13.1 Å². The molecule has 1 N–H and O–H groups in total.